The van der Waals surface area contributed by atoms with E-state index in [9.17, 15) is 9.65 Å². The van der Waals surface area contributed by atoms with Gasteiger partial charge in [-0.3, -0.25) is 0 Å². The van der Waals surface area contributed by atoms with Crippen LogP contribution in [0, 0.1) is 17.1 Å². The summed E-state index contributed by atoms with van der Waals surface area (Å²) in [5.74, 6) is 0.315. The molecular formula is C16H15FN2O. The third-order valence-electron chi connectivity index (χ3n) is 3.08. The second kappa shape index (κ2) is 6.07. The fourth-order valence-electron chi connectivity index (χ4n) is 2.10. The maximum atomic E-state index is 14.0. The number of ether oxygens (including phenoxy) is 1. The summed E-state index contributed by atoms with van der Waals surface area (Å²) in [4.78, 5) is 1.76. The molecule has 102 valence electrons. The monoisotopic (exact) mass is 270 g/mol. The standard InChI is InChI=1S/C16H15FN2O/c1-3-19(15-7-5-4-6-14(15)17)16-10-13(20-2)9-8-12(16)11-18/h4-10H,3H2,1-2H3. The average molecular weight is 270 g/mol. The highest BCUT2D eigenvalue weighted by Gasteiger charge is 2.16. The maximum absolute atomic E-state index is 14.0. The Morgan fingerprint density at radius 2 is 1.95 bits per heavy atom. The molecule has 20 heavy (non-hydrogen) atoms. The van der Waals surface area contributed by atoms with Crippen LogP contribution in [-0.4, -0.2) is 13.7 Å². The first kappa shape index (κ1) is 13.9. The van der Waals surface area contributed by atoms with Gasteiger partial charge in [-0.25, -0.2) is 4.39 Å². The number of halogens is 1. The van der Waals surface area contributed by atoms with Crippen LogP contribution in [0.1, 0.15) is 12.5 Å². The summed E-state index contributed by atoms with van der Waals surface area (Å²) in [7, 11) is 1.56. The largest absolute Gasteiger partial charge is 0.497 e. The quantitative estimate of drug-likeness (QED) is 0.846. The molecule has 0 fully saturated rings. The van der Waals surface area contributed by atoms with Gasteiger partial charge < -0.3 is 9.64 Å². The molecule has 0 N–H and O–H groups in total. The molecule has 0 aliphatic rings. The van der Waals surface area contributed by atoms with E-state index in [-0.39, 0.29) is 5.82 Å². The van der Waals surface area contributed by atoms with Crippen LogP contribution in [0.25, 0.3) is 0 Å². The van der Waals surface area contributed by atoms with Gasteiger partial charge in [0.05, 0.1) is 24.0 Å². The molecule has 3 nitrogen and oxygen atoms in total. The summed E-state index contributed by atoms with van der Waals surface area (Å²) in [5, 5.41) is 9.23. The molecule has 0 radical (unpaired) electrons. The molecule has 0 saturated heterocycles. The molecule has 0 unspecified atom stereocenters. The van der Waals surface area contributed by atoms with E-state index >= 15 is 0 Å². The van der Waals surface area contributed by atoms with Gasteiger partial charge in [-0.15, -0.1) is 0 Å². The van der Waals surface area contributed by atoms with Crippen molar-refractivity contribution in [3.63, 3.8) is 0 Å². The number of rotatable bonds is 4. The van der Waals surface area contributed by atoms with Gasteiger partial charge in [0.2, 0.25) is 0 Å². The molecule has 0 heterocycles. The zero-order valence-electron chi connectivity index (χ0n) is 11.4. The summed E-state index contributed by atoms with van der Waals surface area (Å²) in [6, 6.07) is 13.8. The van der Waals surface area contributed by atoms with E-state index in [1.807, 2.05) is 6.92 Å². The molecule has 0 bridgehead atoms. The molecule has 2 aromatic rings. The Morgan fingerprint density at radius 1 is 1.20 bits per heavy atom. The Kier molecular flexibility index (Phi) is 4.21. The molecular weight excluding hydrogens is 255 g/mol. The highest BCUT2D eigenvalue weighted by molar-refractivity contribution is 5.71. The van der Waals surface area contributed by atoms with Crippen LogP contribution >= 0.6 is 0 Å². The highest BCUT2D eigenvalue weighted by atomic mass is 19.1. The second-order valence-corrected chi connectivity index (χ2v) is 4.19. The molecule has 0 aliphatic heterocycles. The average Bonchev–Trinajstić information content (AvgIpc) is 2.49. The molecule has 0 spiro atoms. The smallest absolute Gasteiger partial charge is 0.146 e. The van der Waals surface area contributed by atoms with E-state index in [2.05, 4.69) is 6.07 Å². The number of para-hydroxylation sites is 1. The van der Waals surface area contributed by atoms with E-state index in [0.29, 0.717) is 29.2 Å². The Bertz CT molecular complexity index is 649. The van der Waals surface area contributed by atoms with Gasteiger partial charge in [-0.2, -0.15) is 5.26 Å². The van der Waals surface area contributed by atoms with Crippen molar-refractivity contribution in [1.29, 1.82) is 5.26 Å². The van der Waals surface area contributed by atoms with Gasteiger partial charge in [0, 0.05) is 12.6 Å². The van der Waals surface area contributed by atoms with Crippen LogP contribution in [-0.2, 0) is 0 Å². The first-order valence-electron chi connectivity index (χ1n) is 6.31. The van der Waals surface area contributed by atoms with Crippen LogP contribution < -0.4 is 9.64 Å². The minimum atomic E-state index is -0.318. The molecule has 0 aromatic heterocycles. The maximum Gasteiger partial charge on any atom is 0.146 e. The number of methoxy groups -OCH3 is 1. The van der Waals surface area contributed by atoms with Crippen molar-refractivity contribution in [2.45, 2.75) is 6.92 Å². The van der Waals surface area contributed by atoms with Gasteiger partial charge in [0.1, 0.15) is 17.6 Å². The Morgan fingerprint density at radius 3 is 2.55 bits per heavy atom. The minimum Gasteiger partial charge on any atom is -0.497 e. The fourth-order valence-corrected chi connectivity index (χ4v) is 2.10. The van der Waals surface area contributed by atoms with Crippen LogP contribution in [0.3, 0.4) is 0 Å². The molecule has 0 aliphatic carbocycles. The second-order valence-electron chi connectivity index (χ2n) is 4.19. The molecule has 2 aromatic carbocycles. The zero-order valence-corrected chi connectivity index (χ0v) is 11.4. The van der Waals surface area contributed by atoms with Crippen molar-refractivity contribution >= 4 is 11.4 Å². The lowest BCUT2D eigenvalue weighted by molar-refractivity contribution is 0.415. The number of benzene rings is 2. The molecule has 0 saturated carbocycles. The number of hydrogen-bond donors (Lipinski definition) is 0. The summed E-state index contributed by atoms with van der Waals surface area (Å²) in [6.07, 6.45) is 0. The highest BCUT2D eigenvalue weighted by Crippen LogP contribution is 2.32. The van der Waals surface area contributed by atoms with E-state index in [0.717, 1.165) is 0 Å². The fraction of sp³-hybridized carbons (Fsp3) is 0.188. The predicted molar refractivity (Wildman–Crippen MR) is 76.8 cm³/mol. The van der Waals surface area contributed by atoms with Crippen LogP contribution in [0.2, 0.25) is 0 Å². The first-order chi connectivity index (χ1) is 9.71. The van der Waals surface area contributed by atoms with E-state index in [1.54, 1.807) is 48.4 Å². The first-order valence-corrected chi connectivity index (χ1v) is 6.31. The SMILES string of the molecule is CCN(c1ccccc1F)c1cc(OC)ccc1C#N. The van der Waals surface area contributed by atoms with Crippen LogP contribution in [0.4, 0.5) is 15.8 Å². The third-order valence-corrected chi connectivity index (χ3v) is 3.08. The van der Waals surface area contributed by atoms with Gasteiger partial charge >= 0.3 is 0 Å². The van der Waals surface area contributed by atoms with E-state index in [4.69, 9.17) is 4.74 Å². The molecule has 0 amide bonds. The van der Waals surface area contributed by atoms with Gasteiger partial charge in [0.25, 0.3) is 0 Å². The molecule has 2 rings (SSSR count). The number of hydrogen-bond acceptors (Lipinski definition) is 3. The van der Waals surface area contributed by atoms with E-state index in [1.165, 1.54) is 6.07 Å². The lowest BCUT2D eigenvalue weighted by Crippen LogP contribution is -2.18. The predicted octanol–water partition coefficient (Wildman–Crippen LogP) is 3.86. The zero-order chi connectivity index (χ0) is 14.5. The van der Waals surface area contributed by atoms with Crippen molar-refractivity contribution in [2.75, 3.05) is 18.6 Å². The van der Waals surface area contributed by atoms with Crippen molar-refractivity contribution in [3.05, 3.63) is 53.8 Å². The van der Waals surface area contributed by atoms with E-state index < -0.39 is 0 Å². The van der Waals surface area contributed by atoms with Crippen molar-refractivity contribution in [2.24, 2.45) is 0 Å². The summed E-state index contributed by atoms with van der Waals surface area (Å²) < 4.78 is 19.2. The molecule has 4 heteroatoms. The number of nitriles is 1. The van der Waals surface area contributed by atoms with Crippen LogP contribution in [0.5, 0.6) is 5.75 Å². The Labute approximate surface area is 117 Å². The van der Waals surface area contributed by atoms with Crippen LogP contribution in [0.15, 0.2) is 42.5 Å². The minimum absolute atomic E-state index is 0.318. The Balaban J connectivity index is 2.57. The summed E-state index contributed by atoms with van der Waals surface area (Å²) in [6.45, 7) is 2.45. The number of nitrogens with zero attached hydrogens (tertiary/aromatic N) is 2. The van der Waals surface area contributed by atoms with Gasteiger partial charge in [0.15, 0.2) is 0 Å². The third kappa shape index (κ3) is 2.57. The lowest BCUT2D eigenvalue weighted by atomic mass is 10.1. The van der Waals surface area contributed by atoms with Gasteiger partial charge in [-0.1, -0.05) is 12.1 Å². The lowest BCUT2D eigenvalue weighted by Gasteiger charge is -2.25. The van der Waals surface area contributed by atoms with Crippen molar-refractivity contribution < 1.29 is 9.13 Å². The van der Waals surface area contributed by atoms with Crippen molar-refractivity contribution in [3.8, 4) is 11.8 Å². The summed E-state index contributed by atoms with van der Waals surface area (Å²) >= 11 is 0. The van der Waals surface area contributed by atoms with Crippen molar-refractivity contribution in [1.82, 2.24) is 0 Å². The number of anilines is 2. The normalized spacial score (nSPS) is 9.90. The summed E-state index contributed by atoms with van der Waals surface area (Å²) in [5.41, 5.74) is 1.56. The topological polar surface area (TPSA) is 36.3 Å². The Hall–Kier alpha value is -2.54. The van der Waals surface area contributed by atoms with Gasteiger partial charge in [-0.05, 0) is 31.2 Å². The molecule has 0 atom stereocenters.